The largest absolute Gasteiger partial charge is 0.462 e. The Hall–Kier alpha value is -5.23. The molecular weight excluding hydrogens is 1010 g/mol. The summed E-state index contributed by atoms with van der Waals surface area (Å²) in [6, 6.07) is 0. The maximum absolute atomic E-state index is 12.9. The monoisotopic (exact) mass is 1130 g/mol. The quantitative estimate of drug-likeness (QED) is 0.0261. The van der Waals surface area contributed by atoms with E-state index < -0.39 is 6.10 Å². The van der Waals surface area contributed by atoms with Crippen LogP contribution < -0.4 is 0 Å². The molecule has 0 N–H and O–H groups in total. The second kappa shape index (κ2) is 68.3. The first-order chi connectivity index (χ1) is 40.5. The van der Waals surface area contributed by atoms with Gasteiger partial charge in [0.25, 0.3) is 0 Å². The summed E-state index contributed by atoms with van der Waals surface area (Å²) in [5, 5.41) is 0. The average Bonchev–Trinajstić information content (AvgIpc) is 3.48. The zero-order valence-electron chi connectivity index (χ0n) is 52.7. The predicted octanol–water partition coefficient (Wildman–Crippen LogP) is 23.0. The van der Waals surface area contributed by atoms with Gasteiger partial charge in [0.2, 0.25) is 0 Å². The van der Waals surface area contributed by atoms with Gasteiger partial charge < -0.3 is 14.2 Å². The highest BCUT2D eigenvalue weighted by Gasteiger charge is 2.19. The summed E-state index contributed by atoms with van der Waals surface area (Å²) < 4.78 is 16.9. The Bertz CT molecular complexity index is 1870. The van der Waals surface area contributed by atoms with Crippen molar-refractivity contribution in [2.45, 2.75) is 277 Å². The van der Waals surface area contributed by atoms with E-state index in [0.717, 1.165) is 148 Å². The number of ether oxygens (including phenoxy) is 3. The van der Waals surface area contributed by atoms with Crippen LogP contribution in [0.25, 0.3) is 0 Å². The Labute approximate surface area is 504 Å². The highest BCUT2D eigenvalue weighted by molar-refractivity contribution is 5.71. The lowest BCUT2D eigenvalue weighted by atomic mass is 10.1. The number of rotatable bonds is 58. The van der Waals surface area contributed by atoms with Crippen LogP contribution in [0.1, 0.15) is 271 Å². The van der Waals surface area contributed by atoms with Gasteiger partial charge in [-0.05, 0) is 135 Å². The van der Waals surface area contributed by atoms with Crippen molar-refractivity contribution in [1.82, 2.24) is 0 Å². The second-order valence-corrected chi connectivity index (χ2v) is 21.3. The molecule has 0 aliphatic carbocycles. The molecular formula is C76H120O6. The number of hydrogen-bond acceptors (Lipinski definition) is 6. The van der Waals surface area contributed by atoms with Gasteiger partial charge in [-0.1, -0.05) is 287 Å². The number of allylic oxidation sites excluding steroid dienone is 28. The summed E-state index contributed by atoms with van der Waals surface area (Å²) >= 11 is 0. The molecule has 460 valence electrons. The Morgan fingerprint density at radius 1 is 0.256 bits per heavy atom. The first-order valence-corrected chi connectivity index (χ1v) is 33.1. The van der Waals surface area contributed by atoms with Crippen molar-refractivity contribution in [3.05, 3.63) is 170 Å². The van der Waals surface area contributed by atoms with Crippen molar-refractivity contribution in [2.75, 3.05) is 13.2 Å². The predicted molar refractivity (Wildman–Crippen MR) is 357 cm³/mol. The van der Waals surface area contributed by atoms with E-state index in [1.165, 1.54) is 77.0 Å². The zero-order valence-corrected chi connectivity index (χ0v) is 52.7. The lowest BCUT2D eigenvalue weighted by Gasteiger charge is -2.18. The minimum absolute atomic E-state index is 0.101. The molecule has 0 radical (unpaired) electrons. The highest BCUT2D eigenvalue weighted by Crippen LogP contribution is 2.15. The number of carbonyl (C=O) groups is 3. The van der Waals surface area contributed by atoms with E-state index in [2.05, 4.69) is 191 Å². The Balaban J connectivity index is 4.39. The van der Waals surface area contributed by atoms with Crippen LogP contribution in [0.5, 0.6) is 0 Å². The molecule has 0 saturated carbocycles. The zero-order chi connectivity index (χ0) is 59.2. The summed E-state index contributed by atoms with van der Waals surface area (Å²) in [6.07, 6.45) is 101. The van der Waals surface area contributed by atoms with E-state index in [9.17, 15) is 14.4 Å². The third-order valence-electron chi connectivity index (χ3n) is 13.5. The molecule has 0 rings (SSSR count). The van der Waals surface area contributed by atoms with Crippen molar-refractivity contribution >= 4 is 17.9 Å². The van der Waals surface area contributed by atoms with Gasteiger partial charge in [-0.25, -0.2) is 0 Å². The topological polar surface area (TPSA) is 78.9 Å². The molecule has 6 heteroatoms. The van der Waals surface area contributed by atoms with E-state index >= 15 is 0 Å². The fraction of sp³-hybridized carbons (Fsp3) is 0.592. The average molecular weight is 1130 g/mol. The SMILES string of the molecule is CC/C=C\C/C=C\C/C=C\C/C=C\C/C=C\C/C=C\C/C=C\C/C=C\CCCCC(=O)OCC(COC(=O)CCCCCCCCCCCC)OC(=O)CCCCCCCCCC/C=C\C/C=C\C/C=C\C/C=C\C/C=C\C/C=C\CC. The standard InChI is InChI=1S/C76H120O6/c1-4-7-10-13-16-19-22-24-26-28-30-32-34-36-38-40-42-44-46-48-50-52-54-57-60-63-66-69-75(78)81-72-73(71-80-74(77)68-65-62-59-56-21-18-15-12-9-6-3)82-76(79)70-67-64-61-58-55-53-51-49-47-45-43-41-39-37-35-33-31-29-27-25-23-20-17-14-11-8-5-2/h7-8,10-11,16-17,19-20,24-27,30-33,36-39,42-45,48,50,54,57,73H,4-6,9,12-15,18,21-23,28-29,34-35,40-41,46-47,49,51-53,55-56,58-72H2,1-3H3/b10-7-,11-8-,19-16-,20-17-,26-24-,27-25-,32-30-,33-31-,38-36-,39-37-,44-42-,45-43-,50-48-,57-54-. The van der Waals surface area contributed by atoms with Crippen molar-refractivity contribution in [2.24, 2.45) is 0 Å². The third-order valence-corrected chi connectivity index (χ3v) is 13.5. The fourth-order valence-corrected chi connectivity index (χ4v) is 8.58. The van der Waals surface area contributed by atoms with Gasteiger partial charge >= 0.3 is 17.9 Å². The molecule has 6 nitrogen and oxygen atoms in total. The lowest BCUT2D eigenvalue weighted by molar-refractivity contribution is -0.167. The molecule has 82 heavy (non-hydrogen) atoms. The van der Waals surface area contributed by atoms with Crippen LogP contribution in [-0.2, 0) is 28.6 Å². The number of hydrogen-bond donors (Lipinski definition) is 0. The molecule has 0 fully saturated rings. The van der Waals surface area contributed by atoms with E-state index in [4.69, 9.17) is 14.2 Å². The molecule has 0 aromatic rings. The van der Waals surface area contributed by atoms with Crippen LogP contribution in [0.3, 0.4) is 0 Å². The Kier molecular flexibility index (Phi) is 63.9. The van der Waals surface area contributed by atoms with E-state index in [1.807, 2.05) is 0 Å². The van der Waals surface area contributed by atoms with Crippen LogP contribution >= 0.6 is 0 Å². The van der Waals surface area contributed by atoms with Crippen LogP contribution in [0.4, 0.5) is 0 Å². The maximum atomic E-state index is 12.9. The maximum Gasteiger partial charge on any atom is 0.306 e. The second-order valence-electron chi connectivity index (χ2n) is 21.3. The molecule has 0 bridgehead atoms. The third kappa shape index (κ3) is 65.6. The minimum Gasteiger partial charge on any atom is -0.462 e. The van der Waals surface area contributed by atoms with Gasteiger partial charge in [-0.15, -0.1) is 0 Å². The molecule has 0 aliphatic heterocycles. The van der Waals surface area contributed by atoms with Crippen LogP contribution in [0.2, 0.25) is 0 Å². The Morgan fingerprint density at radius 3 is 0.768 bits per heavy atom. The van der Waals surface area contributed by atoms with E-state index in [1.54, 1.807) is 0 Å². The van der Waals surface area contributed by atoms with Gasteiger partial charge in [0.15, 0.2) is 6.10 Å². The molecule has 0 amide bonds. The number of carbonyl (C=O) groups excluding carboxylic acids is 3. The molecule has 0 aliphatic rings. The van der Waals surface area contributed by atoms with Gasteiger partial charge in [-0.2, -0.15) is 0 Å². The van der Waals surface area contributed by atoms with E-state index in [-0.39, 0.29) is 31.1 Å². The Morgan fingerprint density at radius 2 is 0.476 bits per heavy atom. The summed E-state index contributed by atoms with van der Waals surface area (Å²) in [5.41, 5.74) is 0. The van der Waals surface area contributed by atoms with E-state index in [0.29, 0.717) is 25.7 Å². The summed E-state index contributed by atoms with van der Waals surface area (Å²) in [4.78, 5) is 38.3. The van der Waals surface area contributed by atoms with Crippen molar-refractivity contribution in [3.63, 3.8) is 0 Å². The molecule has 1 unspecified atom stereocenters. The minimum atomic E-state index is -0.809. The lowest BCUT2D eigenvalue weighted by Crippen LogP contribution is -2.30. The summed E-state index contributed by atoms with van der Waals surface area (Å²) in [7, 11) is 0. The smallest absolute Gasteiger partial charge is 0.306 e. The van der Waals surface area contributed by atoms with Crippen LogP contribution in [-0.4, -0.2) is 37.2 Å². The summed E-state index contributed by atoms with van der Waals surface area (Å²) in [6.45, 7) is 6.35. The highest BCUT2D eigenvalue weighted by atomic mass is 16.6. The molecule has 0 heterocycles. The summed E-state index contributed by atoms with van der Waals surface area (Å²) in [5.74, 6) is -0.960. The fourth-order valence-electron chi connectivity index (χ4n) is 8.58. The molecule has 0 aromatic carbocycles. The van der Waals surface area contributed by atoms with Crippen molar-refractivity contribution in [3.8, 4) is 0 Å². The van der Waals surface area contributed by atoms with Crippen molar-refractivity contribution < 1.29 is 28.6 Å². The normalized spacial score (nSPS) is 13.3. The van der Waals surface area contributed by atoms with Crippen molar-refractivity contribution in [1.29, 1.82) is 0 Å². The van der Waals surface area contributed by atoms with Gasteiger partial charge in [0, 0.05) is 19.3 Å². The van der Waals surface area contributed by atoms with Gasteiger partial charge in [0.1, 0.15) is 13.2 Å². The first-order valence-electron chi connectivity index (χ1n) is 33.1. The number of unbranched alkanes of at least 4 members (excludes halogenated alkanes) is 19. The van der Waals surface area contributed by atoms with Crippen LogP contribution in [0, 0.1) is 0 Å². The first kappa shape index (κ1) is 76.8. The van der Waals surface area contributed by atoms with Crippen LogP contribution in [0.15, 0.2) is 170 Å². The number of esters is 3. The van der Waals surface area contributed by atoms with Gasteiger partial charge in [-0.3, -0.25) is 14.4 Å². The van der Waals surface area contributed by atoms with Gasteiger partial charge in [0.05, 0.1) is 0 Å². The molecule has 0 saturated heterocycles. The molecule has 0 aromatic heterocycles. The molecule has 0 spiro atoms. The molecule has 1 atom stereocenters.